The summed E-state index contributed by atoms with van der Waals surface area (Å²) < 4.78 is 8.60. The minimum Gasteiger partial charge on any atom is -0.365 e. The van der Waals surface area contributed by atoms with Gasteiger partial charge in [-0.1, -0.05) is 11.6 Å². The number of amides is 3. The summed E-state index contributed by atoms with van der Waals surface area (Å²) in [5.41, 5.74) is 6.03. The Labute approximate surface area is 234 Å². The summed E-state index contributed by atoms with van der Waals surface area (Å²) in [5, 5.41) is 9.77. The van der Waals surface area contributed by atoms with E-state index in [1.165, 1.54) is 26.5 Å². The van der Waals surface area contributed by atoms with Gasteiger partial charge in [-0.25, -0.2) is 9.59 Å². The van der Waals surface area contributed by atoms with Crippen LogP contribution in [0.25, 0.3) is 10.9 Å². The highest BCUT2D eigenvalue weighted by Gasteiger charge is 2.34. The molecular weight excluding hydrogens is 536 g/mol. The van der Waals surface area contributed by atoms with Gasteiger partial charge in [-0.15, -0.1) is 0 Å². The minimum absolute atomic E-state index is 0.0522. The van der Waals surface area contributed by atoms with Crippen molar-refractivity contribution in [2.24, 2.45) is 11.7 Å². The Morgan fingerprint density at radius 1 is 1.18 bits per heavy atom. The lowest BCUT2D eigenvalue weighted by Gasteiger charge is -2.34. The molecule has 12 heteroatoms. The number of carbonyl (C=O) groups excluding carboxylic acids is 2. The molecule has 1 atom stereocenters. The van der Waals surface area contributed by atoms with Crippen LogP contribution >= 0.6 is 11.6 Å². The van der Waals surface area contributed by atoms with Crippen LogP contribution < -0.4 is 21.9 Å². The molecule has 5 rings (SSSR count). The van der Waals surface area contributed by atoms with Crippen LogP contribution in [0.4, 0.5) is 16.2 Å². The molecule has 2 N–H and O–H groups in total. The first-order valence-electron chi connectivity index (χ1n) is 13.1. The van der Waals surface area contributed by atoms with Crippen LogP contribution in [0.2, 0.25) is 5.02 Å². The van der Waals surface area contributed by atoms with E-state index in [4.69, 9.17) is 22.1 Å². The third-order valence-electron chi connectivity index (χ3n) is 7.27. The molecule has 0 spiro atoms. The quantitative estimate of drug-likeness (QED) is 0.487. The van der Waals surface area contributed by atoms with Crippen molar-refractivity contribution in [3.8, 4) is 6.07 Å². The van der Waals surface area contributed by atoms with E-state index in [9.17, 15) is 24.4 Å². The van der Waals surface area contributed by atoms with Gasteiger partial charge in [-0.3, -0.25) is 23.6 Å². The van der Waals surface area contributed by atoms with Crippen LogP contribution in [0.5, 0.6) is 0 Å². The van der Waals surface area contributed by atoms with E-state index in [-0.39, 0.29) is 47.4 Å². The third-order valence-corrected chi connectivity index (χ3v) is 7.58. The van der Waals surface area contributed by atoms with E-state index in [0.29, 0.717) is 29.4 Å². The summed E-state index contributed by atoms with van der Waals surface area (Å²) >= 11 is 6.33. The Balaban J connectivity index is 1.68. The number of nitrogens with two attached hydrogens (primary N) is 1. The highest BCUT2D eigenvalue weighted by Crippen LogP contribution is 2.33. The monoisotopic (exact) mass is 564 g/mol. The molecule has 2 heterocycles. The molecule has 1 aromatic heterocycles. The molecule has 2 aromatic carbocycles. The fourth-order valence-corrected chi connectivity index (χ4v) is 5.23. The molecule has 0 radical (unpaired) electrons. The normalized spacial score (nSPS) is 17.2. The Kier molecular flexibility index (Phi) is 7.40. The van der Waals surface area contributed by atoms with Gasteiger partial charge >= 0.3 is 11.7 Å². The number of anilines is 2. The molecular formula is C28H29ClN6O5. The van der Waals surface area contributed by atoms with Crippen LogP contribution in [0, 0.1) is 17.2 Å². The van der Waals surface area contributed by atoms with Crippen molar-refractivity contribution in [1.29, 1.82) is 5.26 Å². The number of nitrogens with zero attached hydrogens (tertiary/aromatic N) is 5. The Morgan fingerprint density at radius 3 is 2.50 bits per heavy atom. The second kappa shape index (κ2) is 10.8. The molecule has 1 saturated heterocycles. The van der Waals surface area contributed by atoms with E-state index in [2.05, 4.69) is 0 Å². The van der Waals surface area contributed by atoms with Gasteiger partial charge in [0.05, 0.1) is 40.3 Å². The number of ether oxygens (including phenoxy) is 1. The van der Waals surface area contributed by atoms with Gasteiger partial charge < -0.3 is 15.4 Å². The van der Waals surface area contributed by atoms with E-state index < -0.39 is 23.6 Å². The number of rotatable bonds is 6. The third kappa shape index (κ3) is 5.08. The average Bonchev–Trinajstić information content (AvgIpc) is 3.76. The van der Waals surface area contributed by atoms with Gasteiger partial charge in [0.15, 0.2) is 6.10 Å². The standard InChI is InChI=1S/C28H29ClN6O5/c1-16(2)34-23-8-7-19(11-21(23)25(36)33(28(34)39)14-17-3-4-17)35(20-6-5-18(13-30)22(29)12-20)26(37)24-15-32(27(31)38)9-10-40-24/h5-8,11-12,16-17,24H,3-4,9-10,14-15H2,1-2H3,(H2,31,38). The second-order valence-corrected chi connectivity index (χ2v) is 10.8. The first-order chi connectivity index (χ1) is 19.1. The predicted octanol–water partition coefficient (Wildman–Crippen LogP) is 3.12. The van der Waals surface area contributed by atoms with Crippen LogP contribution in [0.1, 0.15) is 38.3 Å². The fraction of sp³-hybridized carbons (Fsp3) is 0.393. The van der Waals surface area contributed by atoms with Gasteiger partial charge in [0.2, 0.25) is 0 Å². The minimum atomic E-state index is -1.04. The number of urea groups is 1. The molecule has 2 fully saturated rings. The SMILES string of the molecule is CC(C)n1c(=O)n(CC2CC2)c(=O)c2cc(N(C(=O)C3CN(C(N)=O)CCO3)c3ccc(C#N)c(Cl)c3)ccc21. The lowest BCUT2D eigenvalue weighted by atomic mass is 10.1. The largest absolute Gasteiger partial charge is 0.365 e. The lowest BCUT2D eigenvalue weighted by molar-refractivity contribution is -0.133. The molecule has 1 saturated carbocycles. The number of fused-ring (bicyclic) bond motifs is 1. The van der Waals surface area contributed by atoms with Gasteiger partial charge in [0.1, 0.15) is 6.07 Å². The zero-order valence-corrected chi connectivity index (χ0v) is 22.9. The van der Waals surface area contributed by atoms with Crippen LogP contribution in [0.15, 0.2) is 46.0 Å². The molecule has 2 aliphatic rings. The maximum absolute atomic E-state index is 14.0. The molecule has 1 aliphatic carbocycles. The van der Waals surface area contributed by atoms with Gasteiger partial charge in [-0.2, -0.15) is 5.26 Å². The van der Waals surface area contributed by atoms with Crippen LogP contribution in [-0.2, 0) is 16.1 Å². The van der Waals surface area contributed by atoms with E-state index in [1.54, 1.807) is 28.8 Å². The van der Waals surface area contributed by atoms with E-state index >= 15 is 0 Å². The maximum Gasteiger partial charge on any atom is 0.331 e. The molecule has 3 aromatic rings. The zero-order chi connectivity index (χ0) is 28.7. The Bertz CT molecular complexity index is 1670. The summed E-state index contributed by atoms with van der Waals surface area (Å²) in [5.74, 6) is -0.219. The van der Waals surface area contributed by atoms with Gasteiger partial charge in [-0.05, 0) is 69.0 Å². The molecule has 1 unspecified atom stereocenters. The molecule has 1 aliphatic heterocycles. The highest BCUT2D eigenvalue weighted by atomic mass is 35.5. The number of carbonyl (C=O) groups is 2. The Hall–Kier alpha value is -4.14. The summed E-state index contributed by atoms with van der Waals surface area (Å²) in [4.78, 5) is 55.4. The Morgan fingerprint density at radius 2 is 1.88 bits per heavy atom. The van der Waals surface area contributed by atoms with Crippen LogP contribution in [0.3, 0.4) is 0 Å². The van der Waals surface area contributed by atoms with Crippen molar-refractivity contribution >= 4 is 45.8 Å². The number of morpholine rings is 1. The summed E-state index contributed by atoms with van der Waals surface area (Å²) in [6.45, 7) is 4.41. The molecule has 11 nitrogen and oxygen atoms in total. The molecule has 208 valence electrons. The number of halogens is 1. The van der Waals surface area contributed by atoms with E-state index in [1.807, 2.05) is 19.9 Å². The van der Waals surface area contributed by atoms with E-state index in [0.717, 1.165) is 12.8 Å². The number of nitriles is 1. The number of primary amides is 1. The summed E-state index contributed by atoms with van der Waals surface area (Å²) in [7, 11) is 0. The molecule has 40 heavy (non-hydrogen) atoms. The smallest absolute Gasteiger partial charge is 0.331 e. The number of benzene rings is 2. The second-order valence-electron chi connectivity index (χ2n) is 10.4. The first kappa shape index (κ1) is 27.4. The van der Waals surface area contributed by atoms with Crippen molar-refractivity contribution < 1.29 is 14.3 Å². The number of hydrogen-bond donors (Lipinski definition) is 1. The maximum atomic E-state index is 14.0. The summed E-state index contributed by atoms with van der Waals surface area (Å²) in [6.07, 6.45) is 0.899. The van der Waals surface area contributed by atoms with Crippen LogP contribution in [-0.4, -0.2) is 51.8 Å². The zero-order valence-electron chi connectivity index (χ0n) is 22.2. The average molecular weight is 565 g/mol. The molecule has 3 amide bonds. The fourth-order valence-electron chi connectivity index (χ4n) is 5.01. The predicted molar refractivity (Wildman–Crippen MR) is 150 cm³/mol. The van der Waals surface area contributed by atoms with Crippen molar-refractivity contribution in [2.45, 2.75) is 45.4 Å². The van der Waals surface area contributed by atoms with Gasteiger partial charge in [0.25, 0.3) is 11.5 Å². The topological polar surface area (TPSA) is 144 Å². The van der Waals surface area contributed by atoms with Gasteiger partial charge in [0, 0.05) is 24.8 Å². The highest BCUT2D eigenvalue weighted by molar-refractivity contribution is 6.32. The number of hydrogen-bond acceptors (Lipinski definition) is 6. The first-order valence-corrected chi connectivity index (χ1v) is 13.5. The van der Waals surface area contributed by atoms with Crippen molar-refractivity contribution in [3.05, 3.63) is 67.8 Å². The molecule has 0 bridgehead atoms. The van der Waals surface area contributed by atoms with Crippen molar-refractivity contribution in [1.82, 2.24) is 14.0 Å². The van der Waals surface area contributed by atoms with Crippen molar-refractivity contribution in [2.75, 3.05) is 24.6 Å². The number of aromatic nitrogens is 2. The lowest BCUT2D eigenvalue weighted by Crippen LogP contribution is -2.53. The summed E-state index contributed by atoms with van der Waals surface area (Å²) in [6, 6.07) is 10.5. The van der Waals surface area contributed by atoms with Crippen molar-refractivity contribution in [3.63, 3.8) is 0 Å².